The van der Waals surface area contributed by atoms with E-state index in [1.54, 1.807) is 12.1 Å². The maximum absolute atomic E-state index is 11.9. The van der Waals surface area contributed by atoms with Gasteiger partial charge in [-0.1, -0.05) is 19.1 Å². The van der Waals surface area contributed by atoms with E-state index in [4.69, 9.17) is 4.74 Å². The molecule has 1 rings (SSSR count). The van der Waals surface area contributed by atoms with Gasteiger partial charge in [0.25, 0.3) is 0 Å². The number of rotatable bonds is 9. The van der Waals surface area contributed by atoms with Crippen LogP contribution in [0.2, 0.25) is 0 Å². The monoisotopic (exact) mass is 286 g/mol. The summed E-state index contributed by atoms with van der Waals surface area (Å²) >= 11 is 0. The lowest BCUT2D eigenvalue weighted by Crippen LogP contribution is -2.27. The van der Waals surface area contributed by atoms with Crippen molar-refractivity contribution < 1.29 is 13.2 Å². The molecular weight excluding hydrogens is 264 g/mol. The lowest BCUT2D eigenvalue weighted by atomic mass is 10.2. The smallest absolute Gasteiger partial charge is 0.240 e. The van der Waals surface area contributed by atoms with Crippen LogP contribution in [0.25, 0.3) is 0 Å². The normalized spacial score (nSPS) is 11.7. The zero-order valence-corrected chi connectivity index (χ0v) is 12.3. The van der Waals surface area contributed by atoms with Gasteiger partial charge in [-0.25, -0.2) is 13.1 Å². The van der Waals surface area contributed by atoms with E-state index in [-0.39, 0.29) is 11.4 Å². The highest BCUT2D eigenvalue weighted by molar-refractivity contribution is 7.89. The van der Waals surface area contributed by atoms with Crippen LogP contribution >= 0.6 is 0 Å². The van der Waals surface area contributed by atoms with Crippen LogP contribution in [0.3, 0.4) is 0 Å². The van der Waals surface area contributed by atoms with E-state index in [1.807, 2.05) is 12.1 Å². The van der Waals surface area contributed by atoms with Crippen LogP contribution in [0.5, 0.6) is 0 Å². The highest BCUT2D eigenvalue weighted by Gasteiger charge is 2.12. The van der Waals surface area contributed by atoms with Crippen molar-refractivity contribution in [3.05, 3.63) is 29.8 Å². The second-order valence-corrected chi connectivity index (χ2v) is 5.98. The van der Waals surface area contributed by atoms with Crippen molar-refractivity contribution in [2.75, 3.05) is 26.8 Å². The third kappa shape index (κ3) is 5.69. The lowest BCUT2D eigenvalue weighted by molar-refractivity contribution is 0.204. The first-order valence-electron chi connectivity index (χ1n) is 6.38. The molecule has 0 saturated heterocycles. The Bertz CT molecular complexity index is 457. The Kier molecular flexibility index (Phi) is 7.01. The molecular formula is C13H22N2O3S. The summed E-state index contributed by atoms with van der Waals surface area (Å²) in [5.41, 5.74) is 1.07. The SMILES string of the molecule is CCCNCc1ccc(S(=O)(=O)NCCOC)cc1. The Hall–Kier alpha value is -0.950. The molecule has 108 valence electrons. The van der Waals surface area contributed by atoms with Crippen molar-refractivity contribution in [1.82, 2.24) is 10.0 Å². The van der Waals surface area contributed by atoms with E-state index in [2.05, 4.69) is 17.0 Å². The molecule has 0 spiro atoms. The van der Waals surface area contributed by atoms with E-state index < -0.39 is 10.0 Å². The topological polar surface area (TPSA) is 67.4 Å². The summed E-state index contributed by atoms with van der Waals surface area (Å²) in [7, 11) is -1.89. The van der Waals surface area contributed by atoms with Gasteiger partial charge in [0.05, 0.1) is 11.5 Å². The molecule has 0 bridgehead atoms. The Balaban J connectivity index is 2.59. The van der Waals surface area contributed by atoms with E-state index in [0.717, 1.165) is 25.1 Å². The molecule has 0 aliphatic rings. The van der Waals surface area contributed by atoms with Gasteiger partial charge in [-0.2, -0.15) is 0 Å². The van der Waals surface area contributed by atoms with Crippen LogP contribution < -0.4 is 10.0 Å². The van der Waals surface area contributed by atoms with Gasteiger partial charge in [0.1, 0.15) is 0 Å². The molecule has 0 atom stereocenters. The highest BCUT2D eigenvalue weighted by Crippen LogP contribution is 2.10. The van der Waals surface area contributed by atoms with Crippen molar-refractivity contribution >= 4 is 10.0 Å². The van der Waals surface area contributed by atoms with E-state index in [9.17, 15) is 8.42 Å². The van der Waals surface area contributed by atoms with Crippen LogP contribution in [0.15, 0.2) is 29.2 Å². The lowest BCUT2D eigenvalue weighted by Gasteiger charge is -2.08. The second kappa shape index (κ2) is 8.27. The Morgan fingerprint density at radius 3 is 2.42 bits per heavy atom. The molecule has 0 heterocycles. The summed E-state index contributed by atoms with van der Waals surface area (Å²) in [5, 5.41) is 3.27. The summed E-state index contributed by atoms with van der Waals surface area (Å²) in [5.74, 6) is 0. The summed E-state index contributed by atoms with van der Waals surface area (Å²) in [6.45, 7) is 4.45. The first-order valence-corrected chi connectivity index (χ1v) is 7.86. The van der Waals surface area contributed by atoms with E-state index in [1.165, 1.54) is 7.11 Å². The number of ether oxygens (including phenoxy) is 1. The average Bonchev–Trinajstić information content (AvgIpc) is 2.40. The average molecular weight is 286 g/mol. The van der Waals surface area contributed by atoms with E-state index >= 15 is 0 Å². The molecule has 1 aromatic rings. The first-order chi connectivity index (χ1) is 9.10. The minimum Gasteiger partial charge on any atom is -0.383 e. The minimum absolute atomic E-state index is 0.276. The molecule has 0 amide bonds. The van der Waals surface area contributed by atoms with Crippen molar-refractivity contribution in [3.63, 3.8) is 0 Å². The minimum atomic E-state index is -3.42. The first kappa shape index (κ1) is 16.1. The van der Waals surface area contributed by atoms with Crippen LogP contribution in [0.4, 0.5) is 0 Å². The largest absolute Gasteiger partial charge is 0.383 e. The summed E-state index contributed by atoms with van der Waals surface area (Å²) in [4.78, 5) is 0.280. The van der Waals surface area contributed by atoms with Gasteiger partial charge < -0.3 is 10.1 Å². The number of sulfonamides is 1. The fourth-order valence-corrected chi connectivity index (χ4v) is 2.57. The Morgan fingerprint density at radius 2 is 1.84 bits per heavy atom. The van der Waals surface area contributed by atoms with Gasteiger partial charge >= 0.3 is 0 Å². The zero-order valence-electron chi connectivity index (χ0n) is 11.5. The molecule has 0 aliphatic heterocycles. The maximum Gasteiger partial charge on any atom is 0.240 e. The van der Waals surface area contributed by atoms with Crippen LogP contribution in [-0.4, -0.2) is 35.2 Å². The molecule has 6 heteroatoms. The third-order valence-corrected chi connectivity index (χ3v) is 4.06. The number of nitrogens with one attached hydrogen (secondary N) is 2. The van der Waals surface area contributed by atoms with Gasteiger partial charge in [0.15, 0.2) is 0 Å². The van der Waals surface area contributed by atoms with Gasteiger partial charge in [-0.3, -0.25) is 0 Å². The quantitative estimate of drug-likeness (QED) is 0.667. The number of methoxy groups -OCH3 is 1. The molecule has 2 N–H and O–H groups in total. The van der Waals surface area contributed by atoms with Crippen LogP contribution in [-0.2, 0) is 21.3 Å². The predicted octanol–water partition coefficient (Wildman–Crippen LogP) is 1.11. The molecule has 0 aliphatic carbocycles. The standard InChI is InChI=1S/C13H22N2O3S/c1-3-8-14-11-12-4-6-13(7-5-12)19(16,17)15-9-10-18-2/h4-7,14-15H,3,8-11H2,1-2H3. The Morgan fingerprint density at radius 1 is 1.16 bits per heavy atom. The second-order valence-electron chi connectivity index (χ2n) is 4.21. The zero-order chi connectivity index (χ0) is 14.1. The van der Waals surface area contributed by atoms with Gasteiger partial charge in [-0.05, 0) is 30.7 Å². The molecule has 19 heavy (non-hydrogen) atoms. The summed E-state index contributed by atoms with van der Waals surface area (Å²) in [6.07, 6.45) is 1.08. The van der Waals surface area contributed by atoms with Gasteiger partial charge in [-0.15, -0.1) is 0 Å². The predicted molar refractivity (Wildman–Crippen MR) is 75.5 cm³/mol. The van der Waals surface area contributed by atoms with Gasteiger partial charge in [0.2, 0.25) is 10.0 Å². The molecule has 1 aromatic carbocycles. The molecule has 5 nitrogen and oxygen atoms in total. The van der Waals surface area contributed by atoms with E-state index in [0.29, 0.717) is 6.61 Å². The van der Waals surface area contributed by atoms with Crippen molar-refractivity contribution in [2.45, 2.75) is 24.8 Å². The molecule has 0 radical (unpaired) electrons. The summed E-state index contributed by atoms with van der Waals surface area (Å²) in [6, 6.07) is 6.90. The number of benzene rings is 1. The number of hydrogen-bond donors (Lipinski definition) is 2. The molecule has 0 aromatic heterocycles. The van der Waals surface area contributed by atoms with Gasteiger partial charge in [0, 0.05) is 20.2 Å². The fraction of sp³-hybridized carbons (Fsp3) is 0.538. The molecule has 0 unspecified atom stereocenters. The Labute approximate surface area is 115 Å². The maximum atomic E-state index is 11.9. The molecule has 0 saturated carbocycles. The molecule has 0 fully saturated rings. The van der Waals surface area contributed by atoms with Crippen molar-refractivity contribution in [3.8, 4) is 0 Å². The highest BCUT2D eigenvalue weighted by atomic mass is 32.2. The van der Waals surface area contributed by atoms with Crippen LogP contribution in [0.1, 0.15) is 18.9 Å². The van der Waals surface area contributed by atoms with Crippen molar-refractivity contribution in [2.24, 2.45) is 0 Å². The third-order valence-electron chi connectivity index (χ3n) is 2.59. The summed E-state index contributed by atoms with van der Waals surface area (Å²) < 4.78 is 31.1. The van der Waals surface area contributed by atoms with Crippen molar-refractivity contribution in [1.29, 1.82) is 0 Å². The number of hydrogen-bond acceptors (Lipinski definition) is 4. The fourth-order valence-electron chi connectivity index (χ4n) is 1.56. The van der Waals surface area contributed by atoms with Crippen LogP contribution in [0, 0.1) is 0 Å².